The summed E-state index contributed by atoms with van der Waals surface area (Å²) in [4.78, 5) is 45.9. The fourth-order valence-corrected chi connectivity index (χ4v) is 4.55. The molecule has 5 rings (SSSR count). The quantitative estimate of drug-likeness (QED) is 0.367. The lowest BCUT2D eigenvalue weighted by atomic mass is 9.98. The van der Waals surface area contributed by atoms with Crippen LogP contribution in [0.1, 0.15) is 71.6 Å². The number of hydrogen-bond donors (Lipinski definition) is 3. The summed E-state index contributed by atoms with van der Waals surface area (Å²) in [6.07, 6.45) is 2.51. The number of nitriles is 1. The summed E-state index contributed by atoms with van der Waals surface area (Å²) in [5, 5.41) is 28.1. The smallest absolute Gasteiger partial charge is 0.335 e. The summed E-state index contributed by atoms with van der Waals surface area (Å²) in [6.45, 7) is 1.99. The molecule has 1 atom stereocenters. The van der Waals surface area contributed by atoms with E-state index in [-0.39, 0.29) is 35.3 Å². The monoisotopic (exact) mass is 495 g/mol. The molecule has 2 aromatic carbocycles. The largest absolute Gasteiger partial charge is 0.478 e. The molecular formula is C26H21N7O4. The van der Waals surface area contributed by atoms with Crippen molar-refractivity contribution in [2.75, 3.05) is 0 Å². The Bertz CT molecular complexity index is 1600. The second-order valence-electron chi connectivity index (χ2n) is 8.67. The van der Waals surface area contributed by atoms with Crippen molar-refractivity contribution in [1.82, 2.24) is 30.2 Å². The molecule has 184 valence electrons. The van der Waals surface area contributed by atoms with Gasteiger partial charge in [-0.3, -0.25) is 9.59 Å². The number of amides is 2. The minimum Gasteiger partial charge on any atom is -0.478 e. The summed E-state index contributed by atoms with van der Waals surface area (Å²) in [5.74, 6) is -1.84. The lowest BCUT2D eigenvalue weighted by Crippen LogP contribution is -2.30. The van der Waals surface area contributed by atoms with Gasteiger partial charge in [0.15, 0.2) is 0 Å². The van der Waals surface area contributed by atoms with E-state index in [1.807, 2.05) is 6.07 Å². The topological polar surface area (TPSA) is 162 Å². The van der Waals surface area contributed by atoms with Crippen molar-refractivity contribution in [3.8, 4) is 6.07 Å². The molecule has 0 fully saturated rings. The minimum absolute atomic E-state index is 0.00746. The lowest BCUT2D eigenvalue weighted by molar-refractivity contribution is 0.0695. The molecule has 2 amide bonds. The van der Waals surface area contributed by atoms with E-state index in [0.29, 0.717) is 24.0 Å². The molecule has 1 aliphatic carbocycles. The first kappa shape index (κ1) is 23.6. The van der Waals surface area contributed by atoms with Gasteiger partial charge < -0.3 is 15.7 Å². The first-order valence-electron chi connectivity index (χ1n) is 11.5. The second kappa shape index (κ2) is 9.50. The zero-order valence-electron chi connectivity index (χ0n) is 19.7. The highest BCUT2D eigenvalue weighted by atomic mass is 16.4. The number of rotatable bonds is 6. The Morgan fingerprint density at radius 3 is 2.68 bits per heavy atom. The van der Waals surface area contributed by atoms with Crippen LogP contribution in [0, 0.1) is 18.3 Å². The fourth-order valence-electron chi connectivity index (χ4n) is 4.55. The van der Waals surface area contributed by atoms with Crippen LogP contribution in [0.2, 0.25) is 0 Å². The molecule has 2 aromatic heterocycles. The van der Waals surface area contributed by atoms with Crippen molar-refractivity contribution in [1.29, 1.82) is 5.26 Å². The van der Waals surface area contributed by atoms with Gasteiger partial charge >= 0.3 is 5.97 Å². The first-order valence-corrected chi connectivity index (χ1v) is 11.5. The Hall–Kier alpha value is -5.11. The molecule has 2 heterocycles. The molecule has 37 heavy (non-hydrogen) atoms. The number of nitrogens with zero attached hydrogens (tertiary/aromatic N) is 5. The van der Waals surface area contributed by atoms with Gasteiger partial charge in [-0.2, -0.15) is 19.9 Å². The van der Waals surface area contributed by atoms with Crippen LogP contribution in [-0.2, 0) is 13.0 Å². The Balaban J connectivity index is 1.37. The number of fused-ring (bicyclic) bond motifs is 2. The van der Waals surface area contributed by atoms with Gasteiger partial charge in [-0.1, -0.05) is 18.2 Å². The lowest BCUT2D eigenvalue weighted by Gasteiger charge is -2.16. The summed E-state index contributed by atoms with van der Waals surface area (Å²) < 4.78 is 1.27. The van der Waals surface area contributed by atoms with Crippen molar-refractivity contribution in [2.45, 2.75) is 32.4 Å². The van der Waals surface area contributed by atoms with E-state index in [1.54, 1.807) is 43.3 Å². The number of benzene rings is 2. The van der Waals surface area contributed by atoms with Gasteiger partial charge in [0.2, 0.25) is 0 Å². The van der Waals surface area contributed by atoms with E-state index in [4.69, 9.17) is 5.26 Å². The molecule has 0 spiro atoms. The van der Waals surface area contributed by atoms with Crippen LogP contribution < -0.4 is 10.6 Å². The molecule has 4 aromatic rings. The number of carboxylic acid groups (broad SMARTS) is 1. The molecule has 3 N–H and O–H groups in total. The van der Waals surface area contributed by atoms with Gasteiger partial charge in [0.05, 0.1) is 23.2 Å². The molecule has 0 bridgehead atoms. The maximum Gasteiger partial charge on any atom is 0.335 e. The summed E-state index contributed by atoms with van der Waals surface area (Å²) >= 11 is 0. The molecule has 0 saturated carbocycles. The number of carbonyl (C=O) groups excluding carboxylic acids is 2. The highest BCUT2D eigenvalue weighted by molar-refractivity contribution is 5.98. The van der Waals surface area contributed by atoms with Crippen LogP contribution in [0.25, 0.3) is 5.78 Å². The van der Waals surface area contributed by atoms with E-state index < -0.39 is 17.8 Å². The third-order valence-electron chi connectivity index (χ3n) is 6.48. The minimum atomic E-state index is -0.983. The van der Waals surface area contributed by atoms with Gasteiger partial charge in [-0.25, -0.2) is 9.78 Å². The second-order valence-corrected chi connectivity index (χ2v) is 8.67. The number of carbonyl (C=O) groups is 3. The average Bonchev–Trinajstić information content (AvgIpc) is 3.54. The molecule has 0 radical (unpaired) electrons. The number of aromatic nitrogens is 4. The van der Waals surface area contributed by atoms with Crippen LogP contribution in [0.5, 0.6) is 0 Å². The van der Waals surface area contributed by atoms with Crippen LogP contribution in [0.15, 0.2) is 48.8 Å². The molecule has 0 aliphatic heterocycles. The first-order chi connectivity index (χ1) is 17.9. The third-order valence-corrected chi connectivity index (χ3v) is 6.48. The van der Waals surface area contributed by atoms with Crippen molar-refractivity contribution in [3.05, 3.63) is 93.6 Å². The third kappa shape index (κ3) is 4.48. The van der Waals surface area contributed by atoms with Crippen LogP contribution in [-0.4, -0.2) is 42.5 Å². The Labute approximate surface area is 210 Å². The van der Waals surface area contributed by atoms with Crippen molar-refractivity contribution in [3.63, 3.8) is 0 Å². The average molecular weight is 495 g/mol. The number of nitrogens with one attached hydrogen (secondary N) is 2. The van der Waals surface area contributed by atoms with E-state index in [0.717, 1.165) is 16.7 Å². The molecule has 11 heteroatoms. The predicted molar refractivity (Wildman–Crippen MR) is 130 cm³/mol. The van der Waals surface area contributed by atoms with E-state index in [1.165, 1.54) is 16.9 Å². The van der Waals surface area contributed by atoms with Gasteiger partial charge in [0, 0.05) is 12.6 Å². The molecule has 1 aliphatic rings. The maximum absolute atomic E-state index is 13.3. The predicted octanol–water partition coefficient (Wildman–Crippen LogP) is 2.35. The van der Waals surface area contributed by atoms with Gasteiger partial charge in [-0.05, 0) is 60.2 Å². The Kier molecular flexibility index (Phi) is 6.07. The van der Waals surface area contributed by atoms with Crippen LogP contribution in [0.3, 0.4) is 0 Å². The number of hydrogen-bond acceptors (Lipinski definition) is 7. The van der Waals surface area contributed by atoms with Crippen LogP contribution in [0.4, 0.5) is 0 Å². The summed E-state index contributed by atoms with van der Waals surface area (Å²) in [6, 6.07) is 13.2. The number of carboxylic acids is 1. The zero-order chi connectivity index (χ0) is 26.1. The number of aromatic carboxylic acids is 1. The zero-order valence-corrected chi connectivity index (χ0v) is 19.7. The molecule has 0 unspecified atom stereocenters. The maximum atomic E-state index is 13.3. The highest BCUT2D eigenvalue weighted by Crippen LogP contribution is 2.34. The van der Waals surface area contributed by atoms with Crippen molar-refractivity contribution in [2.24, 2.45) is 0 Å². The highest BCUT2D eigenvalue weighted by Gasteiger charge is 2.29. The van der Waals surface area contributed by atoms with Gasteiger partial charge in [0.25, 0.3) is 17.6 Å². The summed E-state index contributed by atoms with van der Waals surface area (Å²) in [5.41, 5.74) is 4.17. The summed E-state index contributed by atoms with van der Waals surface area (Å²) in [7, 11) is 0. The molecule has 0 saturated heterocycles. The normalized spacial score (nSPS) is 14.1. The van der Waals surface area contributed by atoms with Gasteiger partial charge in [0.1, 0.15) is 17.7 Å². The Morgan fingerprint density at radius 2 is 1.95 bits per heavy atom. The fraction of sp³-hybridized carbons (Fsp3) is 0.192. The Morgan fingerprint density at radius 1 is 1.16 bits per heavy atom. The van der Waals surface area contributed by atoms with Crippen molar-refractivity contribution < 1.29 is 19.5 Å². The van der Waals surface area contributed by atoms with Gasteiger partial charge in [-0.15, -0.1) is 0 Å². The van der Waals surface area contributed by atoms with Crippen LogP contribution >= 0.6 is 0 Å². The van der Waals surface area contributed by atoms with E-state index in [9.17, 15) is 19.5 Å². The van der Waals surface area contributed by atoms with Crippen molar-refractivity contribution >= 4 is 23.6 Å². The molecule has 11 nitrogen and oxygen atoms in total. The SMILES string of the molecule is Cc1c(C(=O)O)ccc2c1CC[C@@H]2NC(=O)c1cc(C(=O)NCc2ccc(C#N)cc2)nc2ncnn12. The van der Waals surface area contributed by atoms with E-state index in [2.05, 4.69) is 25.7 Å². The standard InChI is InChI=1S/C26H21N7O4/c1-14-17-8-9-20(19(17)7-6-18(14)25(36)37)31-24(35)22-10-21(32-26-29-13-30-33(22)26)23(34)28-12-16-4-2-15(11-27)3-5-16/h2-7,10,13,20H,8-9,12H2,1H3,(H,28,34)(H,31,35)(H,36,37)/t20-/m0/s1. The molecular weight excluding hydrogens is 474 g/mol. The van der Waals surface area contributed by atoms with E-state index >= 15 is 0 Å².